The van der Waals surface area contributed by atoms with Crippen LogP contribution in [0.1, 0.15) is 25.8 Å². The van der Waals surface area contributed by atoms with E-state index in [4.69, 9.17) is 5.11 Å². The van der Waals surface area contributed by atoms with Gasteiger partial charge in [0, 0.05) is 32.6 Å². The maximum Gasteiger partial charge on any atom is 0.305 e. The van der Waals surface area contributed by atoms with Crippen LogP contribution in [0.25, 0.3) is 0 Å². The second-order valence-corrected chi connectivity index (χ2v) is 5.69. The lowest BCUT2D eigenvalue weighted by Crippen LogP contribution is -2.58. The van der Waals surface area contributed by atoms with E-state index in [0.29, 0.717) is 13.1 Å². The molecule has 1 aliphatic rings. The second kappa shape index (κ2) is 6.72. The number of hydrogen-bond acceptors (Lipinski definition) is 3. The number of aliphatic carboxylic acids is 1. The third kappa shape index (κ3) is 4.04. The van der Waals surface area contributed by atoms with Gasteiger partial charge in [-0.15, -0.1) is 0 Å². The first-order valence-corrected chi connectivity index (χ1v) is 7.24. The summed E-state index contributed by atoms with van der Waals surface area (Å²) >= 11 is 0. The van der Waals surface area contributed by atoms with Crippen LogP contribution in [0, 0.1) is 0 Å². The molecule has 0 radical (unpaired) electrons. The second-order valence-electron chi connectivity index (χ2n) is 5.69. The summed E-state index contributed by atoms with van der Waals surface area (Å²) in [6.07, 6.45) is -0.00239. The summed E-state index contributed by atoms with van der Waals surface area (Å²) < 4.78 is 0. The fraction of sp³-hybridized carbons (Fsp3) is 0.500. The SMILES string of the molecule is CC(=O)N1C[C@@H](C)N(Cc2ccccc2)C[C@H]1CC(=O)O. The molecule has 2 atom stereocenters. The van der Waals surface area contributed by atoms with E-state index in [0.717, 1.165) is 6.54 Å². The first kappa shape index (κ1) is 15.5. The number of carbonyl (C=O) groups is 2. The molecule has 1 aromatic carbocycles. The molecule has 0 saturated carbocycles. The fourth-order valence-electron chi connectivity index (χ4n) is 2.90. The van der Waals surface area contributed by atoms with Crippen LogP contribution in [0.2, 0.25) is 0 Å². The first-order valence-electron chi connectivity index (χ1n) is 7.24. The number of amides is 1. The van der Waals surface area contributed by atoms with Crippen LogP contribution in [-0.4, -0.2) is 52.0 Å². The summed E-state index contributed by atoms with van der Waals surface area (Å²) in [6, 6.07) is 10.1. The van der Waals surface area contributed by atoms with Crippen molar-refractivity contribution >= 4 is 11.9 Å². The molecule has 0 aromatic heterocycles. The van der Waals surface area contributed by atoms with Gasteiger partial charge < -0.3 is 10.0 Å². The molecule has 1 heterocycles. The normalized spacial score (nSPS) is 23.0. The van der Waals surface area contributed by atoms with E-state index in [1.165, 1.54) is 12.5 Å². The van der Waals surface area contributed by atoms with E-state index >= 15 is 0 Å². The number of hydrogen-bond donors (Lipinski definition) is 1. The zero-order valence-electron chi connectivity index (χ0n) is 12.5. The van der Waals surface area contributed by atoms with E-state index in [1.54, 1.807) is 4.90 Å². The number of piperazine rings is 1. The Hall–Kier alpha value is -1.88. The molecule has 5 heteroatoms. The number of rotatable bonds is 4. The Bertz CT molecular complexity index is 504. The highest BCUT2D eigenvalue weighted by Crippen LogP contribution is 2.20. The Morgan fingerprint density at radius 2 is 1.90 bits per heavy atom. The minimum atomic E-state index is -0.861. The molecule has 0 spiro atoms. The third-order valence-electron chi connectivity index (χ3n) is 4.01. The highest BCUT2D eigenvalue weighted by Gasteiger charge is 2.34. The molecular weight excluding hydrogens is 268 g/mol. The van der Waals surface area contributed by atoms with Gasteiger partial charge in [-0.05, 0) is 12.5 Å². The number of carbonyl (C=O) groups excluding carboxylic acids is 1. The lowest BCUT2D eigenvalue weighted by atomic mass is 10.0. The standard InChI is InChI=1S/C16H22N2O3/c1-12-9-18(13(2)19)15(8-16(20)21)11-17(12)10-14-6-4-3-5-7-14/h3-7,12,15H,8-11H2,1-2H3,(H,20,21)/t12-,15-/m1/s1. The average molecular weight is 290 g/mol. The Morgan fingerprint density at radius 3 is 2.48 bits per heavy atom. The average Bonchev–Trinajstić information content (AvgIpc) is 2.42. The Labute approximate surface area is 125 Å². The summed E-state index contributed by atoms with van der Waals surface area (Å²) in [7, 11) is 0. The van der Waals surface area contributed by atoms with E-state index in [9.17, 15) is 9.59 Å². The fourth-order valence-corrected chi connectivity index (χ4v) is 2.90. The molecule has 1 aliphatic heterocycles. The van der Waals surface area contributed by atoms with Gasteiger partial charge >= 0.3 is 5.97 Å². The summed E-state index contributed by atoms with van der Waals surface area (Å²) in [5, 5.41) is 9.05. The molecule has 114 valence electrons. The molecule has 1 N–H and O–H groups in total. The predicted molar refractivity (Wildman–Crippen MR) is 79.7 cm³/mol. The minimum absolute atomic E-state index is 0.00239. The zero-order chi connectivity index (χ0) is 15.4. The van der Waals surface area contributed by atoms with Gasteiger partial charge in [-0.1, -0.05) is 30.3 Å². The summed E-state index contributed by atoms with van der Waals surface area (Å²) in [4.78, 5) is 26.7. The van der Waals surface area contributed by atoms with Crippen molar-refractivity contribution in [1.82, 2.24) is 9.80 Å². The number of carboxylic acid groups (broad SMARTS) is 1. The number of nitrogens with zero attached hydrogens (tertiary/aromatic N) is 2. The Morgan fingerprint density at radius 1 is 1.24 bits per heavy atom. The van der Waals surface area contributed by atoms with Crippen molar-refractivity contribution in [2.24, 2.45) is 0 Å². The van der Waals surface area contributed by atoms with Crippen molar-refractivity contribution in [1.29, 1.82) is 0 Å². The summed E-state index contributed by atoms with van der Waals surface area (Å²) in [5.41, 5.74) is 1.20. The maximum absolute atomic E-state index is 11.7. The molecule has 0 unspecified atom stereocenters. The molecule has 0 bridgehead atoms. The molecular formula is C16H22N2O3. The van der Waals surface area contributed by atoms with Crippen LogP contribution in [-0.2, 0) is 16.1 Å². The van der Waals surface area contributed by atoms with Crippen LogP contribution in [0.4, 0.5) is 0 Å². The lowest BCUT2D eigenvalue weighted by molar-refractivity contribution is -0.143. The van der Waals surface area contributed by atoms with Gasteiger partial charge in [0.2, 0.25) is 5.91 Å². The largest absolute Gasteiger partial charge is 0.481 e. The molecule has 1 aromatic rings. The molecule has 2 rings (SSSR count). The first-order chi connectivity index (χ1) is 9.97. The molecule has 0 aliphatic carbocycles. The van der Waals surface area contributed by atoms with Crippen molar-refractivity contribution < 1.29 is 14.7 Å². The zero-order valence-corrected chi connectivity index (χ0v) is 12.5. The highest BCUT2D eigenvalue weighted by molar-refractivity contribution is 5.75. The van der Waals surface area contributed by atoms with Crippen LogP contribution in [0.5, 0.6) is 0 Å². The van der Waals surface area contributed by atoms with Gasteiger partial charge in [-0.25, -0.2) is 0 Å². The van der Waals surface area contributed by atoms with Crippen molar-refractivity contribution in [3.05, 3.63) is 35.9 Å². The van der Waals surface area contributed by atoms with E-state index in [1.807, 2.05) is 18.2 Å². The smallest absolute Gasteiger partial charge is 0.305 e. The van der Waals surface area contributed by atoms with Gasteiger partial charge in [0.1, 0.15) is 0 Å². The van der Waals surface area contributed by atoms with Gasteiger partial charge in [0.05, 0.1) is 12.5 Å². The van der Waals surface area contributed by atoms with Gasteiger partial charge in [0.25, 0.3) is 0 Å². The van der Waals surface area contributed by atoms with Crippen LogP contribution >= 0.6 is 0 Å². The van der Waals surface area contributed by atoms with Crippen LogP contribution in [0.15, 0.2) is 30.3 Å². The quantitative estimate of drug-likeness (QED) is 0.914. The number of carboxylic acids is 1. The topological polar surface area (TPSA) is 60.9 Å². The van der Waals surface area contributed by atoms with Gasteiger partial charge in [0.15, 0.2) is 0 Å². The predicted octanol–water partition coefficient (Wildman–Crippen LogP) is 1.58. The molecule has 1 fully saturated rings. The van der Waals surface area contributed by atoms with Crippen LogP contribution in [0.3, 0.4) is 0 Å². The van der Waals surface area contributed by atoms with Crippen LogP contribution < -0.4 is 0 Å². The van der Waals surface area contributed by atoms with Crippen molar-refractivity contribution in [2.75, 3.05) is 13.1 Å². The summed E-state index contributed by atoms with van der Waals surface area (Å²) in [5.74, 6) is -0.909. The minimum Gasteiger partial charge on any atom is -0.481 e. The van der Waals surface area contributed by atoms with E-state index in [2.05, 4.69) is 24.0 Å². The van der Waals surface area contributed by atoms with E-state index in [-0.39, 0.29) is 24.4 Å². The van der Waals surface area contributed by atoms with Crippen molar-refractivity contribution in [3.8, 4) is 0 Å². The molecule has 1 saturated heterocycles. The molecule has 21 heavy (non-hydrogen) atoms. The Kier molecular flexibility index (Phi) is 4.96. The monoisotopic (exact) mass is 290 g/mol. The molecule has 1 amide bonds. The maximum atomic E-state index is 11.7. The lowest BCUT2D eigenvalue weighted by Gasteiger charge is -2.44. The third-order valence-corrected chi connectivity index (χ3v) is 4.01. The van der Waals surface area contributed by atoms with Gasteiger partial charge in [-0.3, -0.25) is 14.5 Å². The highest BCUT2D eigenvalue weighted by atomic mass is 16.4. The van der Waals surface area contributed by atoms with Crippen molar-refractivity contribution in [3.63, 3.8) is 0 Å². The number of benzene rings is 1. The van der Waals surface area contributed by atoms with E-state index < -0.39 is 5.97 Å². The summed E-state index contributed by atoms with van der Waals surface area (Å²) in [6.45, 7) is 5.55. The Balaban J connectivity index is 2.09. The molecule has 5 nitrogen and oxygen atoms in total. The van der Waals surface area contributed by atoms with Gasteiger partial charge in [-0.2, -0.15) is 0 Å². The van der Waals surface area contributed by atoms with Crippen molar-refractivity contribution in [2.45, 2.75) is 38.9 Å².